The smallest absolute Gasteiger partial charge is 0.125 e. The van der Waals surface area contributed by atoms with Crippen LogP contribution in [0.4, 0.5) is 0 Å². The Labute approximate surface area is 130 Å². The maximum atomic E-state index is 6.50. The minimum atomic E-state index is 0.0608. The molecule has 1 fully saturated rings. The molecule has 3 unspecified atom stereocenters. The van der Waals surface area contributed by atoms with E-state index in [0.717, 1.165) is 29.1 Å². The lowest BCUT2D eigenvalue weighted by molar-refractivity contribution is -0.0179. The number of fused-ring (bicyclic) bond motifs is 1. The number of hydrogen-bond acceptors (Lipinski definition) is 2. The van der Waals surface area contributed by atoms with Crippen LogP contribution in [0.5, 0.6) is 5.75 Å². The second kappa shape index (κ2) is 5.69. The van der Waals surface area contributed by atoms with E-state index < -0.39 is 0 Å². The van der Waals surface area contributed by atoms with Gasteiger partial charge in [0.1, 0.15) is 11.4 Å². The first-order chi connectivity index (χ1) is 9.62. The Morgan fingerprint density at radius 1 is 1.40 bits per heavy atom. The molecule has 0 radical (unpaired) electrons. The minimum Gasteiger partial charge on any atom is -0.487 e. The molecule has 2 nitrogen and oxygen atoms in total. The van der Waals surface area contributed by atoms with Crippen LogP contribution < -0.4 is 10.1 Å². The molecule has 0 amide bonds. The van der Waals surface area contributed by atoms with Gasteiger partial charge in [0.2, 0.25) is 0 Å². The van der Waals surface area contributed by atoms with Crippen molar-refractivity contribution in [3.05, 3.63) is 28.2 Å². The van der Waals surface area contributed by atoms with Crippen molar-refractivity contribution in [3.63, 3.8) is 0 Å². The predicted octanol–water partition coefficient (Wildman–Crippen LogP) is 4.83. The van der Waals surface area contributed by atoms with E-state index in [2.05, 4.69) is 53.3 Å². The molecule has 2 aliphatic rings. The Hall–Kier alpha value is -0.540. The molecular formula is C17H24BrNO. The molecule has 110 valence electrons. The summed E-state index contributed by atoms with van der Waals surface area (Å²) in [6.45, 7) is 5.55. The lowest BCUT2D eigenvalue weighted by Crippen LogP contribution is -2.47. The molecule has 0 bridgehead atoms. The second-order valence-corrected chi connectivity index (χ2v) is 7.40. The number of halogens is 1. The molecule has 1 aliphatic carbocycles. The first kappa shape index (κ1) is 14.4. The fraction of sp³-hybridized carbons (Fsp3) is 0.647. The molecule has 1 aromatic rings. The molecule has 1 saturated carbocycles. The Balaban J connectivity index is 1.94. The standard InChI is InChI=1S/C17H24BrNO/c1-3-19-15-11-17(8-4-5-12(2)10-17)20-16-7-6-13(18)9-14(15)16/h6-7,9,12,15,19H,3-5,8,10-11H2,1-2H3. The fourth-order valence-corrected chi connectivity index (χ4v) is 4.34. The predicted molar refractivity (Wildman–Crippen MR) is 86.2 cm³/mol. The van der Waals surface area contributed by atoms with Crippen LogP contribution in [0.1, 0.15) is 57.6 Å². The summed E-state index contributed by atoms with van der Waals surface area (Å²) in [5.41, 5.74) is 1.37. The van der Waals surface area contributed by atoms with Gasteiger partial charge in [-0.15, -0.1) is 0 Å². The molecule has 1 N–H and O–H groups in total. The summed E-state index contributed by atoms with van der Waals surface area (Å²) >= 11 is 3.58. The van der Waals surface area contributed by atoms with Crippen molar-refractivity contribution in [1.29, 1.82) is 0 Å². The largest absolute Gasteiger partial charge is 0.487 e. The van der Waals surface area contributed by atoms with Crippen molar-refractivity contribution in [3.8, 4) is 5.75 Å². The van der Waals surface area contributed by atoms with Crippen LogP contribution in [-0.4, -0.2) is 12.1 Å². The van der Waals surface area contributed by atoms with Gasteiger partial charge in [-0.05, 0) is 49.9 Å². The van der Waals surface area contributed by atoms with E-state index in [1.807, 2.05) is 0 Å². The molecular weight excluding hydrogens is 314 g/mol. The Bertz CT molecular complexity index is 490. The molecule has 3 rings (SSSR count). The van der Waals surface area contributed by atoms with Crippen molar-refractivity contribution in [2.75, 3.05) is 6.54 Å². The maximum absolute atomic E-state index is 6.50. The van der Waals surface area contributed by atoms with Gasteiger partial charge in [0.15, 0.2) is 0 Å². The Kier molecular flexibility index (Phi) is 4.09. The third-order valence-corrected chi connectivity index (χ3v) is 5.24. The molecule has 1 heterocycles. The van der Waals surface area contributed by atoms with Crippen LogP contribution in [0.3, 0.4) is 0 Å². The molecule has 0 aromatic heterocycles. The first-order valence-electron chi connectivity index (χ1n) is 7.84. The van der Waals surface area contributed by atoms with Crippen molar-refractivity contribution in [2.45, 2.75) is 57.6 Å². The van der Waals surface area contributed by atoms with Gasteiger partial charge in [0, 0.05) is 22.5 Å². The molecule has 3 atom stereocenters. The Morgan fingerprint density at radius 2 is 2.25 bits per heavy atom. The van der Waals surface area contributed by atoms with Crippen LogP contribution in [0.2, 0.25) is 0 Å². The summed E-state index contributed by atoms with van der Waals surface area (Å²) in [5.74, 6) is 1.86. The summed E-state index contributed by atoms with van der Waals surface area (Å²) < 4.78 is 7.64. The van der Waals surface area contributed by atoms with E-state index in [1.54, 1.807) is 0 Å². The number of hydrogen-bond donors (Lipinski definition) is 1. The van der Waals surface area contributed by atoms with Gasteiger partial charge in [-0.3, -0.25) is 0 Å². The molecule has 1 aromatic carbocycles. The Morgan fingerprint density at radius 3 is 3.00 bits per heavy atom. The first-order valence-corrected chi connectivity index (χ1v) is 8.63. The monoisotopic (exact) mass is 337 g/mol. The van der Waals surface area contributed by atoms with E-state index in [0.29, 0.717) is 6.04 Å². The van der Waals surface area contributed by atoms with Gasteiger partial charge >= 0.3 is 0 Å². The summed E-state index contributed by atoms with van der Waals surface area (Å²) in [6.07, 6.45) is 6.16. The van der Waals surface area contributed by atoms with Crippen LogP contribution in [0, 0.1) is 5.92 Å². The molecule has 1 aliphatic heterocycles. The zero-order chi connectivity index (χ0) is 14.2. The summed E-state index contributed by atoms with van der Waals surface area (Å²) in [5, 5.41) is 3.65. The topological polar surface area (TPSA) is 21.3 Å². The van der Waals surface area contributed by atoms with E-state index in [9.17, 15) is 0 Å². The van der Waals surface area contributed by atoms with Crippen LogP contribution >= 0.6 is 15.9 Å². The van der Waals surface area contributed by atoms with Crippen molar-refractivity contribution < 1.29 is 4.74 Å². The second-order valence-electron chi connectivity index (χ2n) is 6.48. The molecule has 0 saturated heterocycles. The highest BCUT2D eigenvalue weighted by Gasteiger charge is 2.43. The summed E-state index contributed by atoms with van der Waals surface area (Å²) in [4.78, 5) is 0. The van der Waals surface area contributed by atoms with Crippen LogP contribution in [0.25, 0.3) is 0 Å². The summed E-state index contributed by atoms with van der Waals surface area (Å²) in [6, 6.07) is 6.85. The number of nitrogens with one attached hydrogen (secondary N) is 1. The lowest BCUT2D eigenvalue weighted by atomic mass is 9.73. The highest BCUT2D eigenvalue weighted by molar-refractivity contribution is 9.10. The van der Waals surface area contributed by atoms with Gasteiger partial charge < -0.3 is 10.1 Å². The van der Waals surface area contributed by atoms with Gasteiger partial charge in [-0.1, -0.05) is 36.2 Å². The van der Waals surface area contributed by atoms with Gasteiger partial charge in [0.05, 0.1) is 0 Å². The van der Waals surface area contributed by atoms with Crippen molar-refractivity contribution in [2.24, 2.45) is 5.92 Å². The van der Waals surface area contributed by atoms with Gasteiger partial charge in [-0.2, -0.15) is 0 Å². The van der Waals surface area contributed by atoms with Crippen molar-refractivity contribution in [1.82, 2.24) is 5.32 Å². The third-order valence-electron chi connectivity index (χ3n) is 4.75. The van der Waals surface area contributed by atoms with E-state index in [-0.39, 0.29) is 5.60 Å². The zero-order valence-electron chi connectivity index (χ0n) is 12.4. The average molecular weight is 338 g/mol. The van der Waals surface area contributed by atoms with E-state index in [1.165, 1.54) is 31.2 Å². The molecule has 3 heteroatoms. The summed E-state index contributed by atoms with van der Waals surface area (Å²) in [7, 11) is 0. The van der Waals surface area contributed by atoms with E-state index in [4.69, 9.17) is 4.74 Å². The minimum absolute atomic E-state index is 0.0608. The molecule has 20 heavy (non-hydrogen) atoms. The van der Waals surface area contributed by atoms with Gasteiger partial charge in [-0.25, -0.2) is 0 Å². The third kappa shape index (κ3) is 2.75. The van der Waals surface area contributed by atoms with Crippen molar-refractivity contribution >= 4 is 15.9 Å². The van der Waals surface area contributed by atoms with Crippen LogP contribution in [-0.2, 0) is 0 Å². The normalized spacial score (nSPS) is 32.8. The fourth-order valence-electron chi connectivity index (χ4n) is 3.96. The van der Waals surface area contributed by atoms with E-state index >= 15 is 0 Å². The quantitative estimate of drug-likeness (QED) is 0.834. The van der Waals surface area contributed by atoms with Gasteiger partial charge in [0.25, 0.3) is 0 Å². The zero-order valence-corrected chi connectivity index (χ0v) is 14.0. The SMILES string of the molecule is CCNC1CC2(CCCC(C)C2)Oc2ccc(Br)cc21. The number of benzene rings is 1. The lowest BCUT2D eigenvalue weighted by Gasteiger charge is -2.46. The average Bonchev–Trinajstić information content (AvgIpc) is 2.40. The highest BCUT2D eigenvalue weighted by Crippen LogP contribution is 2.47. The van der Waals surface area contributed by atoms with Crippen LogP contribution in [0.15, 0.2) is 22.7 Å². The highest BCUT2D eigenvalue weighted by atomic mass is 79.9. The number of ether oxygens (including phenoxy) is 1. The maximum Gasteiger partial charge on any atom is 0.125 e. The molecule has 1 spiro atoms. The number of rotatable bonds is 2.